The number of rotatable bonds is 4. The maximum absolute atomic E-state index is 11.7. The van der Waals surface area contributed by atoms with Crippen molar-refractivity contribution in [3.8, 4) is 5.75 Å². The Bertz CT molecular complexity index is 680. The predicted octanol–water partition coefficient (Wildman–Crippen LogP) is 2.68. The van der Waals surface area contributed by atoms with Gasteiger partial charge in [0.15, 0.2) is 5.96 Å². The number of nitrogens with zero attached hydrogens (tertiary/aromatic N) is 2. The van der Waals surface area contributed by atoms with Crippen LogP contribution in [-0.2, 0) is 11.3 Å². The molecule has 0 atom stereocenters. The van der Waals surface area contributed by atoms with E-state index < -0.39 is 5.97 Å². The number of nitrogens with one attached hydrogen (secondary N) is 1. The van der Waals surface area contributed by atoms with Crippen LogP contribution in [0.25, 0.3) is 0 Å². The molecule has 0 saturated carbocycles. The van der Waals surface area contributed by atoms with Crippen molar-refractivity contribution in [2.24, 2.45) is 10.4 Å². The lowest BCUT2D eigenvalue weighted by Gasteiger charge is -2.62. The quantitative estimate of drug-likeness (QED) is 0.515. The minimum absolute atomic E-state index is 0.0429. The van der Waals surface area contributed by atoms with Crippen molar-refractivity contribution in [1.82, 2.24) is 10.2 Å². The van der Waals surface area contributed by atoms with Gasteiger partial charge in [-0.05, 0) is 31.5 Å². The second-order valence-electron chi connectivity index (χ2n) is 7.46. The van der Waals surface area contributed by atoms with Crippen LogP contribution >= 0.6 is 0 Å². The number of hydrogen-bond donors (Lipinski definition) is 1. The first-order chi connectivity index (χ1) is 11.7. The lowest BCUT2D eigenvalue weighted by Crippen LogP contribution is -2.72. The normalized spacial score (nSPS) is 18.4. The van der Waals surface area contributed by atoms with Crippen LogP contribution in [0.3, 0.4) is 0 Å². The fourth-order valence-electron chi connectivity index (χ4n) is 3.00. The van der Waals surface area contributed by atoms with Gasteiger partial charge in [0, 0.05) is 31.1 Å². The fraction of sp³-hybridized carbons (Fsp3) is 0.579. The van der Waals surface area contributed by atoms with E-state index in [1.54, 1.807) is 20.2 Å². The molecule has 1 aromatic carbocycles. The molecule has 0 bridgehead atoms. The predicted molar refractivity (Wildman–Crippen MR) is 99.1 cm³/mol. The summed E-state index contributed by atoms with van der Waals surface area (Å²) in [5, 5.41) is 3.40. The summed E-state index contributed by atoms with van der Waals surface area (Å²) in [4.78, 5) is 18.4. The zero-order valence-corrected chi connectivity index (χ0v) is 16.3. The Morgan fingerprint density at radius 2 is 1.96 bits per heavy atom. The Balaban J connectivity index is 2.09. The minimum atomic E-state index is -0.406. The summed E-state index contributed by atoms with van der Waals surface area (Å²) >= 11 is 0. The van der Waals surface area contributed by atoms with Crippen LogP contribution < -0.4 is 10.1 Å². The van der Waals surface area contributed by atoms with Crippen LogP contribution in [0.2, 0.25) is 0 Å². The van der Waals surface area contributed by atoms with Gasteiger partial charge in [-0.2, -0.15) is 0 Å². The number of likely N-dealkylation sites (tertiary alicyclic amines) is 1. The molecule has 0 unspecified atom stereocenters. The first-order valence-electron chi connectivity index (χ1n) is 8.41. The van der Waals surface area contributed by atoms with E-state index in [1.807, 2.05) is 12.1 Å². The molecule has 0 aromatic heterocycles. The number of ether oxygens (including phenoxy) is 2. The molecular formula is C19H29N3O3. The third-order valence-corrected chi connectivity index (χ3v) is 5.47. The van der Waals surface area contributed by atoms with Gasteiger partial charge in [0.2, 0.25) is 0 Å². The molecule has 0 amide bonds. The molecule has 6 nitrogen and oxygen atoms in total. The zero-order valence-electron chi connectivity index (χ0n) is 16.3. The third-order valence-electron chi connectivity index (χ3n) is 5.47. The van der Waals surface area contributed by atoms with Crippen LogP contribution in [-0.4, -0.2) is 50.2 Å². The van der Waals surface area contributed by atoms with E-state index in [4.69, 9.17) is 9.47 Å². The van der Waals surface area contributed by atoms with Gasteiger partial charge in [0.1, 0.15) is 11.3 Å². The molecule has 0 radical (unpaired) electrons. The molecule has 1 aliphatic heterocycles. The van der Waals surface area contributed by atoms with Gasteiger partial charge in [-0.1, -0.05) is 19.9 Å². The lowest BCUT2D eigenvalue weighted by atomic mass is 9.65. The Morgan fingerprint density at radius 3 is 2.44 bits per heavy atom. The van der Waals surface area contributed by atoms with Gasteiger partial charge in [-0.3, -0.25) is 4.99 Å². The number of guanidine groups is 1. The van der Waals surface area contributed by atoms with E-state index in [9.17, 15) is 4.79 Å². The van der Waals surface area contributed by atoms with E-state index in [2.05, 4.69) is 42.9 Å². The van der Waals surface area contributed by atoms with Crippen LogP contribution in [0.1, 0.15) is 43.6 Å². The van der Waals surface area contributed by atoms with E-state index in [1.165, 1.54) is 7.11 Å². The fourth-order valence-corrected chi connectivity index (χ4v) is 3.00. The number of esters is 1. The number of benzene rings is 1. The number of methoxy groups -OCH3 is 2. The second kappa shape index (κ2) is 6.94. The molecule has 1 aliphatic rings. The summed E-state index contributed by atoms with van der Waals surface area (Å²) in [7, 11) is 4.70. The summed E-state index contributed by atoms with van der Waals surface area (Å²) in [5.74, 6) is 0.976. The van der Waals surface area contributed by atoms with Crippen molar-refractivity contribution in [3.05, 3.63) is 29.3 Å². The van der Waals surface area contributed by atoms with Gasteiger partial charge in [0.25, 0.3) is 0 Å². The topological polar surface area (TPSA) is 63.2 Å². The molecule has 25 heavy (non-hydrogen) atoms. The first-order valence-corrected chi connectivity index (χ1v) is 8.41. The molecular weight excluding hydrogens is 318 g/mol. The van der Waals surface area contributed by atoms with Crippen molar-refractivity contribution in [1.29, 1.82) is 0 Å². The molecule has 1 N–H and O–H groups in total. The summed E-state index contributed by atoms with van der Waals surface area (Å²) in [5.41, 5.74) is 1.71. The highest BCUT2D eigenvalue weighted by molar-refractivity contribution is 5.92. The van der Waals surface area contributed by atoms with Crippen LogP contribution in [0.15, 0.2) is 23.2 Å². The molecule has 138 valence electrons. The van der Waals surface area contributed by atoms with Crippen molar-refractivity contribution < 1.29 is 14.3 Å². The third kappa shape index (κ3) is 3.43. The lowest BCUT2D eigenvalue weighted by molar-refractivity contribution is -0.0667. The largest absolute Gasteiger partial charge is 0.496 e. The standard InChI is InChI=1S/C19H29N3O3/c1-18(2)12-22(19(18,3)4)17(20-5)21-11-13-8-9-14(16(23)25-7)15(10-13)24-6/h8-10H,11-12H2,1-7H3,(H,20,21). The molecule has 1 heterocycles. The van der Waals surface area contributed by atoms with Crippen LogP contribution in [0, 0.1) is 5.41 Å². The Kier molecular flexibility index (Phi) is 5.30. The molecule has 0 aliphatic carbocycles. The minimum Gasteiger partial charge on any atom is -0.496 e. The monoisotopic (exact) mass is 347 g/mol. The highest BCUT2D eigenvalue weighted by atomic mass is 16.5. The number of aliphatic imine (C=N–C) groups is 1. The average molecular weight is 347 g/mol. The van der Waals surface area contributed by atoms with Crippen molar-refractivity contribution in [2.45, 2.75) is 39.8 Å². The van der Waals surface area contributed by atoms with Gasteiger partial charge in [-0.25, -0.2) is 4.79 Å². The van der Waals surface area contributed by atoms with E-state index in [0.29, 0.717) is 17.9 Å². The summed E-state index contributed by atoms with van der Waals surface area (Å²) in [6, 6.07) is 5.46. The maximum atomic E-state index is 11.7. The van der Waals surface area contributed by atoms with Gasteiger partial charge >= 0.3 is 5.97 Å². The zero-order chi connectivity index (χ0) is 18.8. The van der Waals surface area contributed by atoms with Gasteiger partial charge < -0.3 is 19.7 Å². The molecule has 0 spiro atoms. The summed E-state index contributed by atoms with van der Waals surface area (Å²) < 4.78 is 10.1. The van der Waals surface area contributed by atoms with Crippen LogP contribution in [0.4, 0.5) is 0 Å². The molecule has 1 fully saturated rings. The van der Waals surface area contributed by atoms with Crippen molar-refractivity contribution >= 4 is 11.9 Å². The smallest absolute Gasteiger partial charge is 0.341 e. The Hall–Kier alpha value is -2.24. The van der Waals surface area contributed by atoms with Gasteiger partial charge in [-0.15, -0.1) is 0 Å². The first kappa shape index (κ1) is 19.1. The molecule has 6 heteroatoms. The molecule has 2 rings (SSSR count). The number of carbonyl (C=O) groups excluding carboxylic acids is 1. The van der Waals surface area contributed by atoms with Crippen LogP contribution in [0.5, 0.6) is 5.75 Å². The van der Waals surface area contributed by atoms with E-state index in [-0.39, 0.29) is 11.0 Å². The Morgan fingerprint density at radius 1 is 1.28 bits per heavy atom. The number of carbonyl (C=O) groups is 1. The van der Waals surface area contributed by atoms with Gasteiger partial charge in [0.05, 0.1) is 14.2 Å². The van der Waals surface area contributed by atoms with Crippen molar-refractivity contribution in [2.75, 3.05) is 27.8 Å². The summed E-state index contributed by atoms with van der Waals surface area (Å²) in [6.45, 7) is 10.6. The second-order valence-corrected chi connectivity index (χ2v) is 7.46. The number of hydrogen-bond acceptors (Lipinski definition) is 4. The molecule has 1 aromatic rings. The molecule has 1 saturated heterocycles. The summed E-state index contributed by atoms with van der Waals surface area (Å²) in [6.07, 6.45) is 0. The van der Waals surface area contributed by atoms with E-state index >= 15 is 0 Å². The Labute approximate surface area is 150 Å². The SMILES string of the molecule is CN=C(NCc1ccc(C(=O)OC)c(OC)c1)N1CC(C)(C)C1(C)C. The van der Waals surface area contributed by atoms with E-state index in [0.717, 1.165) is 18.1 Å². The highest BCUT2D eigenvalue weighted by Gasteiger charge is 2.53. The van der Waals surface area contributed by atoms with Crippen molar-refractivity contribution in [3.63, 3.8) is 0 Å². The maximum Gasteiger partial charge on any atom is 0.341 e. The average Bonchev–Trinajstić information content (AvgIpc) is 2.60. The highest BCUT2D eigenvalue weighted by Crippen LogP contribution is 2.46.